The van der Waals surface area contributed by atoms with E-state index in [-0.39, 0.29) is 47.0 Å². The van der Waals surface area contributed by atoms with Gasteiger partial charge in [0.25, 0.3) is 5.95 Å². The molecule has 238 valence electrons. The second-order valence-corrected chi connectivity index (χ2v) is 12.2. The molecule has 0 atom stereocenters. The molecule has 0 aliphatic carbocycles. The lowest BCUT2D eigenvalue weighted by Crippen LogP contribution is -2.30. The molecule has 0 unspecified atom stereocenters. The van der Waals surface area contributed by atoms with Crippen molar-refractivity contribution in [1.29, 1.82) is 0 Å². The number of hydrogen-bond donors (Lipinski definition) is 2. The summed E-state index contributed by atoms with van der Waals surface area (Å²) in [4.78, 5) is 31.4. The van der Waals surface area contributed by atoms with Crippen molar-refractivity contribution in [3.05, 3.63) is 96.4 Å². The molecule has 14 heteroatoms. The van der Waals surface area contributed by atoms with Crippen molar-refractivity contribution in [3.8, 4) is 16.9 Å². The van der Waals surface area contributed by atoms with Gasteiger partial charge in [0, 0.05) is 36.3 Å². The first kappa shape index (κ1) is 32.1. The number of anilines is 3. The summed E-state index contributed by atoms with van der Waals surface area (Å²) in [6.45, 7) is 0.470. The van der Waals surface area contributed by atoms with E-state index in [0.717, 1.165) is 22.3 Å². The molecule has 5 aromatic rings. The number of benzene rings is 3. The number of amides is 2. The van der Waals surface area contributed by atoms with Gasteiger partial charge in [-0.25, -0.2) is 27.0 Å². The zero-order valence-corrected chi connectivity index (χ0v) is 26.0. The van der Waals surface area contributed by atoms with Crippen molar-refractivity contribution < 1.29 is 31.9 Å². The molecular weight excluding hydrogens is 615 g/mol. The number of carbonyl (C=O) groups excluding carboxylic acids is 2. The number of sulfone groups is 1. The summed E-state index contributed by atoms with van der Waals surface area (Å²) < 4.78 is 49.8. The molecule has 0 saturated heterocycles. The first-order valence-corrected chi connectivity index (χ1v) is 16.0. The summed E-state index contributed by atoms with van der Waals surface area (Å²) in [5.74, 6) is -0.497. The van der Waals surface area contributed by atoms with Gasteiger partial charge in [0.1, 0.15) is 18.2 Å². The van der Waals surface area contributed by atoms with E-state index in [1.54, 1.807) is 43.6 Å². The largest absolute Gasteiger partial charge is 0.495 e. The van der Waals surface area contributed by atoms with E-state index >= 15 is 0 Å². The fourth-order valence-corrected chi connectivity index (χ4v) is 5.18. The minimum Gasteiger partial charge on any atom is -0.495 e. The monoisotopic (exact) mass is 646 g/mol. The maximum atomic E-state index is 13.3. The van der Waals surface area contributed by atoms with Crippen molar-refractivity contribution in [2.24, 2.45) is 0 Å². The molecule has 0 aliphatic heterocycles. The summed E-state index contributed by atoms with van der Waals surface area (Å²) in [6, 6.07) is 20.7. The lowest BCUT2D eigenvalue weighted by atomic mass is 10.1. The van der Waals surface area contributed by atoms with Gasteiger partial charge in [-0.3, -0.25) is 4.79 Å². The second-order valence-electron chi connectivity index (χ2n) is 10.2. The van der Waals surface area contributed by atoms with Crippen LogP contribution in [-0.2, 0) is 25.8 Å². The summed E-state index contributed by atoms with van der Waals surface area (Å²) in [7, 11) is -0.462. The highest BCUT2D eigenvalue weighted by Gasteiger charge is 2.28. The molecule has 12 nitrogen and oxygen atoms in total. The third-order valence-corrected chi connectivity index (χ3v) is 7.99. The highest BCUT2D eigenvalue weighted by atomic mass is 32.2. The van der Waals surface area contributed by atoms with E-state index in [0.29, 0.717) is 23.4 Å². The number of ether oxygens (including phenoxy) is 2. The SMILES string of the molecule is CNCCOC(=O)N(c1nc2ccc(-c3ccc(NC(=O)Cc4ccc(F)cc4)cc3)cn2n1)c1ccc(S(C)(=O)=O)cc1OC. The summed E-state index contributed by atoms with van der Waals surface area (Å²) in [6.07, 6.45) is 2.14. The Balaban J connectivity index is 1.41. The molecule has 2 amide bonds. The van der Waals surface area contributed by atoms with Gasteiger partial charge in [-0.15, -0.1) is 5.10 Å². The van der Waals surface area contributed by atoms with Crippen molar-refractivity contribution >= 4 is 44.8 Å². The van der Waals surface area contributed by atoms with Gasteiger partial charge in [-0.05, 0) is 66.7 Å². The number of nitrogens with one attached hydrogen (secondary N) is 2. The molecule has 46 heavy (non-hydrogen) atoms. The minimum absolute atomic E-state index is 0.0164. The highest BCUT2D eigenvalue weighted by molar-refractivity contribution is 7.90. The average Bonchev–Trinajstić information content (AvgIpc) is 3.45. The number of fused-ring (bicyclic) bond motifs is 1. The average molecular weight is 647 g/mol. The molecule has 0 fully saturated rings. The molecule has 2 aromatic heterocycles. The molecule has 2 heterocycles. The molecular formula is C32H31FN6O6S. The van der Waals surface area contributed by atoms with Gasteiger partial charge in [0.15, 0.2) is 15.5 Å². The molecule has 3 aromatic carbocycles. The minimum atomic E-state index is -3.55. The topological polar surface area (TPSA) is 144 Å². The molecule has 2 N–H and O–H groups in total. The molecule has 0 spiro atoms. The van der Waals surface area contributed by atoms with Crippen molar-refractivity contribution in [2.45, 2.75) is 11.3 Å². The predicted octanol–water partition coefficient (Wildman–Crippen LogP) is 4.62. The third kappa shape index (κ3) is 7.47. The Labute approximate surface area is 264 Å². The van der Waals surface area contributed by atoms with Gasteiger partial charge < -0.3 is 20.1 Å². The lowest BCUT2D eigenvalue weighted by Gasteiger charge is -2.21. The maximum absolute atomic E-state index is 13.3. The number of likely N-dealkylation sites (N-methyl/N-ethyl adjacent to an activating group) is 1. The Bertz CT molecular complexity index is 1980. The van der Waals surface area contributed by atoms with E-state index in [2.05, 4.69) is 20.7 Å². The number of nitrogens with zero attached hydrogens (tertiary/aromatic N) is 4. The Hall–Kier alpha value is -5.34. The van der Waals surface area contributed by atoms with Crippen molar-refractivity contribution in [2.75, 3.05) is 43.8 Å². The number of aromatic nitrogens is 3. The Kier molecular flexibility index (Phi) is 9.58. The van der Waals surface area contributed by atoms with Crippen LogP contribution in [0.2, 0.25) is 0 Å². The second kappa shape index (κ2) is 13.7. The van der Waals surface area contributed by atoms with Gasteiger partial charge in [0.05, 0.1) is 24.1 Å². The smallest absolute Gasteiger partial charge is 0.421 e. The number of halogens is 1. The summed E-state index contributed by atoms with van der Waals surface area (Å²) >= 11 is 0. The number of methoxy groups -OCH3 is 1. The van der Waals surface area contributed by atoms with Crippen LogP contribution in [0.4, 0.5) is 26.5 Å². The van der Waals surface area contributed by atoms with Gasteiger partial charge in [-0.1, -0.05) is 24.3 Å². The van der Waals surface area contributed by atoms with E-state index in [4.69, 9.17) is 9.47 Å². The molecule has 0 aliphatic rings. The van der Waals surface area contributed by atoms with E-state index in [1.807, 2.05) is 18.2 Å². The molecule has 5 rings (SSSR count). The van der Waals surface area contributed by atoms with Crippen LogP contribution < -0.4 is 20.3 Å². The van der Waals surface area contributed by atoms with E-state index < -0.39 is 15.9 Å². The zero-order chi connectivity index (χ0) is 32.8. The molecule has 0 radical (unpaired) electrons. The number of hydrogen-bond acceptors (Lipinski definition) is 9. The van der Waals surface area contributed by atoms with Crippen LogP contribution in [0.15, 0.2) is 90.0 Å². The zero-order valence-electron chi connectivity index (χ0n) is 25.2. The Morgan fingerprint density at radius 3 is 2.37 bits per heavy atom. The van der Waals surface area contributed by atoms with Crippen LogP contribution in [0.25, 0.3) is 16.8 Å². The maximum Gasteiger partial charge on any atom is 0.421 e. The van der Waals surface area contributed by atoms with Crippen LogP contribution in [0.5, 0.6) is 5.75 Å². The first-order chi connectivity index (χ1) is 22.0. The Morgan fingerprint density at radius 1 is 0.978 bits per heavy atom. The molecule has 0 saturated carbocycles. The van der Waals surface area contributed by atoms with Crippen molar-refractivity contribution in [1.82, 2.24) is 19.9 Å². The van der Waals surface area contributed by atoms with Gasteiger partial charge in [0.2, 0.25) is 5.91 Å². The fraction of sp³-hybridized carbons (Fsp3) is 0.188. The number of pyridine rings is 1. The molecule has 0 bridgehead atoms. The normalized spacial score (nSPS) is 11.3. The lowest BCUT2D eigenvalue weighted by molar-refractivity contribution is -0.115. The van der Waals surface area contributed by atoms with Gasteiger partial charge in [-0.2, -0.15) is 4.98 Å². The van der Waals surface area contributed by atoms with Crippen molar-refractivity contribution in [3.63, 3.8) is 0 Å². The fourth-order valence-electron chi connectivity index (χ4n) is 4.54. The number of rotatable bonds is 11. The Morgan fingerprint density at radius 2 is 1.70 bits per heavy atom. The number of carbonyl (C=O) groups is 2. The third-order valence-electron chi connectivity index (χ3n) is 6.88. The van der Waals surface area contributed by atoms with E-state index in [1.165, 1.54) is 42.0 Å². The van der Waals surface area contributed by atoms with Crippen LogP contribution in [0.1, 0.15) is 5.56 Å². The van der Waals surface area contributed by atoms with Crippen LogP contribution >= 0.6 is 0 Å². The van der Waals surface area contributed by atoms with Crippen LogP contribution in [-0.4, -0.2) is 68.6 Å². The van der Waals surface area contributed by atoms with Crippen LogP contribution in [0, 0.1) is 5.82 Å². The standard InChI is InChI=1S/C32H31FN6O6S/c1-34-16-17-45-32(41)39(27-14-13-26(46(3,42)43)19-28(27)44-2)31-36-29-15-8-23(20-38(29)37-31)22-6-11-25(12-7-22)35-30(40)18-21-4-9-24(33)10-5-21/h4-15,19-20,34H,16-18H2,1-3H3,(H,35,40). The summed E-state index contributed by atoms with van der Waals surface area (Å²) in [5, 5.41) is 10.3. The van der Waals surface area contributed by atoms with Crippen LogP contribution in [0.3, 0.4) is 0 Å². The quantitative estimate of drug-likeness (QED) is 0.196. The predicted molar refractivity (Wildman–Crippen MR) is 171 cm³/mol. The van der Waals surface area contributed by atoms with Gasteiger partial charge >= 0.3 is 6.09 Å². The highest BCUT2D eigenvalue weighted by Crippen LogP contribution is 2.35. The first-order valence-electron chi connectivity index (χ1n) is 14.1. The summed E-state index contributed by atoms with van der Waals surface area (Å²) in [5.41, 5.74) is 3.54. The van der Waals surface area contributed by atoms with E-state index in [9.17, 15) is 22.4 Å².